The summed E-state index contributed by atoms with van der Waals surface area (Å²) in [5, 5.41) is 2.63. The van der Waals surface area contributed by atoms with Crippen LogP contribution in [0.25, 0.3) is 0 Å². The first-order chi connectivity index (χ1) is 6.99. The number of amides is 2. The highest BCUT2D eigenvalue weighted by molar-refractivity contribution is 7.80. The molecule has 0 heterocycles. The molecule has 0 aliphatic heterocycles. The van der Waals surface area contributed by atoms with Crippen LogP contribution in [0.2, 0.25) is 0 Å². The van der Waals surface area contributed by atoms with Crippen molar-refractivity contribution in [1.82, 2.24) is 10.2 Å². The standard InChI is InChI=1S/C10H18N2O2S/c1-12(2)9(14)6-11-8(13)5-10(7-15)3-4-10/h15H,3-7H2,1-2H3,(H,11,13). The van der Waals surface area contributed by atoms with Gasteiger partial charge < -0.3 is 10.2 Å². The predicted molar refractivity (Wildman–Crippen MR) is 61.8 cm³/mol. The molecule has 0 spiro atoms. The maximum absolute atomic E-state index is 11.5. The minimum Gasteiger partial charge on any atom is -0.347 e. The summed E-state index contributed by atoms with van der Waals surface area (Å²) in [5.74, 6) is 0.623. The topological polar surface area (TPSA) is 49.4 Å². The lowest BCUT2D eigenvalue weighted by molar-refractivity contribution is -0.131. The maximum atomic E-state index is 11.5. The Kier molecular flexibility index (Phi) is 4.02. The van der Waals surface area contributed by atoms with E-state index in [0.29, 0.717) is 6.42 Å². The van der Waals surface area contributed by atoms with Gasteiger partial charge in [-0.1, -0.05) is 0 Å². The normalized spacial score (nSPS) is 17.0. The van der Waals surface area contributed by atoms with Crippen molar-refractivity contribution in [2.24, 2.45) is 5.41 Å². The van der Waals surface area contributed by atoms with Crippen molar-refractivity contribution in [3.8, 4) is 0 Å². The third-order valence-electron chi connectivity index (χ3n) is 2.76. The lowest BCUT2D eigenvalue weighted by Crippen LogP contribution is -2.37. The Hall–Kier alpha value is -0.710. The zero-order chi connectivity index (χ0) is 11.5. The number of carbonyl (C=O) groups excluding carboxylic acids is 2. The molecule has 5 heteroatoms. The lowest BCUT2D eigenvalue weighted by atomic mass is 10.1. The second-order valence-corrected chi connectivity index (χ2v) is 4.72. The Morgan fingerprint density at radius 1 is 1.40 bits per heavy atom. The van der Waals surface area contributed by atoms with Crippen LogP contribution in [0.15, 0.2) is 0 Å². The van der Waals surface area contributed by atoms with Gasteiger partial charge in [-0.15, -0.1) is 0 Å². The zero-order valence-electron chi connectivity index (χ0n) is 9.25. The molecule has 1 rings (SSSR count). The average molecular weight is 230 g/mol. The summed E-state index contributed by atoms with van der Waals surface area (Å²) < 4.78 is 0. The first kappa shape index (κ1) is 12.4. The van der Waals surface area contributed by atoms with Crippen molar-refractivity contribution in [3.63, 3.8) is 0 Å². The highest BCUT2D eigenvalue weighted by Gasteiger charge is 2.42. The van der Waals surface area contributed by atoms with Crippen molar-refractivity contribution in [2.75, 3.05) is 26.4 Å². The SMILES string of the molecule is CN(C)C(=O)CNC(=O)CC1(CS)CC1. The molecule has 1 aliphatic carbocycles. The number of thiol groups is 1. The fourth-order valence-electron chi connectivity index (χ4n) is 1.30. The Morgan fingerprint density at radius 2 is 2.00 bits per heavy atom. The Balaban J connectivity index is 2.22. The Bertz CT molecular complexity index is 262. The predicted octanol–water partition coefficient (Wildman–Crippen LogP) is 0.291. The van der Waals surface area contributed by atoms with Crippen LogP contribution in [0.4, 0.5) is 0 Å². The van der Waals surface area contributed by atoms with Gasteiger partial charge in [0.15, 0.2) is 0 Å². The first-order valence-electron chi connectivity index (χ1n) is 5.07. The Morgan fingerprint density at radius 3 is 2.40 bits per heavy atom. The molecular weight excluding hydrogens is 212 g/mol. The highest BCUT2D eigenvalue weighted by Crippen LogP contribution is 2.49. The van der Waals surface area contributed by atoms with E-state index < -0.39 is 0 Å². The third-order valence-corrected chi connectivity index (χ3v) is 3.43. The number of hydrogen-bond donors (Lipinski definition) is 2. The molecule has 86 valence electrons. The molecule has 4 nitrogen and oxygen atoms in total. The number of nitrogens with zero attached hydrogens (tertiary/aromatic N) is 1. The number of nitrogens with one attached hydrogen (secondary N) is 1. The summed E-state index contributed by atoms with van der Waals surface area (Å²) in [7, 11) is 3.34. The molecule has 0 aromatic rings. The van der Waals surface area contributed by atoms with Crippen LogP contribution >= 0.6 is 12.6 Å². The van der Waals surface area contributed by atoms with E-state index in [0.717, 1.165) is 18.6 Å². The number of carbonyl (C=O) groups is 2. The van der Waals surface area contributed by atoms with Crippen molar-refractivity contribution in [2.45, 2.75) is 19.3 Å². The molecule has 2 amide bonds. The van der Waals surface area contributed by atoms with Crippen LogP contribution in [-0.4, -0.2) is 43.1 Å². The molecule has 1 fully saturated rings. The molecule has 15 heavy (non-hydrogen) atoms. The second kappa shape index (κ2) is 4.88. The van der Waals surface area contributed by atoms with Gasteiger partial charge in [0.1, 0.15) is 0 Å². The van der Waals surface area contributed by atoms with Gasteiger partial charge in [0.2, 0.25) is 11.8 Å². The summed E-state index contributed by atoms with van der Waals surface area (Å²) in [6.07, 6.45) is 2.65. The van der Waals surface area contributed by atoms with E-state index in [9.17, 15) is 9.59 Å². The summed E-state index contributed by atoms with van der Waals surface area (Å²) in [5.41, 5.74) is 0.119. The van der Waals surface area contributed by atoms with E-state index >= 15 is 0 Å². The third kappa shape index (κ3) is 3.74. The fourth-order valence-corrected chi connectivity index (χ4v) is 1.73. The molecule has 1 saturated carbocycles. The van der Waals surface area contributed by atoms with Crippen LogP contribution in [-0.2, 0) is 9.59 Å². The van der Waals surface area contributed by atoms with Crippen molar-refractivity contribution < 1.29 is 9.59 Å². The summed E-state index contributed by atoms with van der Waals surface area (Å²) in [4.78, 5) is 24.1. The van der Waals surface area contributed by atoms with Crippen LogP contribution < -0.4 is 5.32 Å². The van der Waals surface area contributed by atoms with Gasteiger partial charge in [0.25, 0.3) is 0 Å². The van der Waals surface area contributed by atoms with E-state index in [1.165, 1.54) is 4.90 Å². The molecule has 0 aromatic carbocycles. The minimum atomic E-state index is -0.0842. The molecule has 1 aliphatic rings. The van der Waals surface area contributed by atoms with E-state index in [1.54, 1.807) is 14.1 Å². The average Bonchev–Trinajstić information content (AvgIpc) is 2.94. The van der Waals surface area contributed by atoms with Crippen molar-refractivity contribution >= 4 is 24.4 Å². The Labute approximate surface area is 95.8 Å². The lowest BCUT2D eigenvalue weighted by Gasteiger charge is -2.13. The van der Waals surface area contributed by atoms with Gasteiger partial charge in [-0.2, -0.15) is 12.6 Å². The molecular formula is C10H18N2O2S. The monoisotopic (exact) mass is 230 g/mol. The molecule has 0 radical (unpaired) electrons. The van der Waals surface area contributed by atoms with Gasteiger partial charge in [-0.05, 0) is 24.0 Å². The molecule has 1 N–H and O–H groups in total. The van der Waals surface area contributed by atoms with E-state index in [-0.39, 0.29) is 23.8 Å². The first-order valence-corrected chi connectivity index (χ1v) is 5.70. The van der Waals surface area contributed by atoms with Gasteiger partial charge in [-0.25, -0.2) is 0 Å². The van der Waals surface area contributed by atoms with Crippen LogP contribution in [0.5, 0.6) is 0 Å². The fraction of sp³-hybridized carbons (Fsp3) is 0.800. The molecule has 0 atom stereocenters. The van der Waals surface area contributed by atoms with Crippen LogP contribution in [0.3, 0.4) is 0 Å². The zero-order valence-corrected chi connectivity index (χ0v) is 10.1. The smallest absolute Gasteiger partial charge is 0.241 e. The summed E-state index contributed by atoms with van der Waals surface area (Å²) in [6.45, 7) is 0.0918. The van der Waals surface area contributed by atoms with Gasteiger partial charge in [0.05, 0.1) is 6.54 Å². The minimum absolute atomic E-state index is 0.0447. The van der Waals surface area contributed by atoms with E-state index in [1.807, 2.05) is 0 Å². The number of hydrogen-bond acceptors (Lipinski definition) is 3. The van der Waals surface area contributed by atoms with E-state index in [2.05, 4.69) is 17.9 Å². The van der Waals surface area contributed by atoms with E-state index in [4.69, 9.17) is 0 Å². The number of rotatable bonds is 5. The second-order valence-electron chi connectivity index (χ2n) is 4.40. The summed E-state index contributed by atoms with van der Waals surface area (Å²) >= 11 is 4.22. The molecule has 0 bridgehead atoms. The van der Waals surface area contributed by atoms with Gasteiger partial charge >= 0.3 is 0 Å². The molecule has 0 aromatic heterocycles. The van der Waals surface area contributed by atoms with Gasteiger partial charge in [-0.3, -0.25) is 9.59 Å². The molecule has 0 saturated heterocycles. The van der Waals surface area contributed by atoms with Crippen molar-refractivity contribution in [3.05, 3.63) is 0 Å². The van der Waals surface area contributed by atoms with Crippen molar-refractivity contribution in [1.29, 1.82) is 0 Å². The summed E-state index contributed by atoms with van der Waals surface area (Å²) in [6, 6.07) is 0. The number of likely N-dealkylation sites (N-methyl/N-ethyl adjacent to an activating group) is 1. The van der Waals surface area contributed by atoms with Crippen LogP contribution in [0, 0.1) is 5.41 Å². The molecule has 0 unspecified atom stereocenters. The maximum Gasteiger partial charge on any atom is 0.241 e. The largest absolute Gasteiger partial charge is 0.347 e. The van der Waals surface area contributed by atoms with Crippen LogP contribution in [0.1, 0.15) is 19.3 Å². The quantitative estimate of drug-likeness (QED) is 0.667. The highest BCUT2D eigenvalue weighted by atomic mass is 32.1. The van der Waals surface area contributed by atoms with Gasteiger partial charge in [0, 0.05) is 20.5 Å².